The van der Waals surface area contributed by atoms with E-state index in [0.717, 1.165) is 19.8 Å². The number of fused-ring (bicyclic) bond motifs is 1. The number of hydrogen-bond acceptors (Lipinski definition) is 6. The fraction of sp³-hybridized carbons (Fsp3) is 0.211. The van der Waals surface area contributed by atoms with Crippen LogP contribution in [0.2, 0.25) is 0 Å². The first-order valence-electron chi connectivity index (χ1n) is 8.45. The molecule has 1 unspecified atom stereocenters. The normalized spacial score (nSPS) is 19.6. The minimum Gasteiger partial charge on any atom is -0.310 e. The standard InChI is InChI=1S/C19H19BrNO6PS/c1-13-8-10-14(11-9-13)29(24,25)21-19(28(23,26-2)27-3)12-17(20)18(22)15-6-4-5-7-16(15)19/h4-12,21H,1-3H3. The molecule has 0 aromatic heterocycles. The molecular weight excluding hydrogens is 481 g/mol. The molecule has 0 aliphatic heterocycles. The third kappa shape index (κ3) is 3.67. The Morgan fingerprint density at radius 3 is 2.21 bits per heavy atom. The van der Waals surface area contributed by atoms with Gasteiger partial charge in [-0.15, -0.1) is 0 Å². The second kappa shape index (κ2) is 7.91. The average Bonchev–Trinajstić information content (AvgIpc) is 2.71. The van der Waals surface area contributed by atoms with Gasteiger partial charge in [0.25, 0.3) is 0 Å². The number of Topliss-reactive ketones (excluding diaryl/α,β-unsaturated/α-hetero) is 1. The molecule has 154 valence electrons. The van der Waals surface area contributed by atoms with Crippen LogP contribution in [0.4, 0.5) is 0 Å². The van der Waals surface area contributed by atoms with Crippen molar-refractivity contribution in [3.8, 4) is 0 Å². The van der Waals surface area contributed by atoms with Gasteiger partial charge in [0.1, 0.15) is 0 Å². The Morgan fingerprint density at radius 1 is 1.03 bits per heavy atom. The van der Waals surface area contributed by atoms with E-state index in [1.54, 1.807) is 24.3 Å². The van der Waals surface area contributed by atoms with Crippen molar-refractivity contribution in [3.05, 3.63) is 75.8 Å². The minimum atomic E-state index is -4.18. The Labute approximate surface area is 177 Å². The van der Waals surface area contributed by atoms with E-state index in [0.29, 0.717) is 0 Å². The maximum absolute atomic E-state index is 13.7. The van der Waals surface area contributed by atoms with Crippen LogP contribution in [0.3, 0.4) is 0 Å². The van der Waals surface area contributed by atoms with Crippen LogP contribution in [0.1, 0.15) is 21.5 Å². The number of rotatable bonds is 6. The molecule has 1 atom stereocenters. The van der Waals surface area contributed by atoms with Gasteiger partial charge >= 0.3 is 7.60 Å². The topological polar surface area (TPSA) is 98.8 Å². The second-order valence-corrected chi connectivity index (χ2v) is 11.4. The number of aryl methyl sites for hydroxylation is 1. The smallest absolute Gasteiger partial charge is 0.310 e. The van der Waals surface area contributed by atoms with Crippen LogP contribution < -0.4 is 4.72 Å². The zero-order chi connectivity index (χ0) is 21.4. The van der Waals surface area contributed by atoms with Gasteiger partial charge in [-0.3, -0.25) is 9.36 Å². The number of carbonyl (C=O) groups excluding carboxylic acids is 1. The van der Waals surface area contributed by atoms with Gasteiger partial charge < -0.3 is 9.05 Å². The van der Waals surface area contributed by atoms with Crippen LogP contribution in [0.5, 0.6) is 0 Å². The van der Waals surface area contributed by atoms with Crippen molar-refractivity contribution in [1.82, 2.24) is 4.72 Å². The Bertz CT molecular complexity index is 1140. The lowest BCUT2D eigenvalue weighted by atomic mass is 9.92. The summed E-state index contributed by atoms with van der Waals surface area (Å²) in [4.78, 5) is 12.6. The van der Waals surface area contributed by atoms with Crippen LogP contribution in [0, 0.1) is 6.92 Å². The summed E-state index contributed by atoms with van der Waals surface area (Å²) >= 11 is 3.17. The molecule has 0 fully saturated rings. The van der Waals surface area contributed by atoms with Gasteiger partial charge in [0.05, 0.1) is 9.38 Å². The number of halogens is 1. The van der Waals surface area contributed by atoms with Crippen LogP contribution in [-0.2, 0) is 28.9 Å². The lowest BCUT2D eigenvalue weighted by Gasteiger charge is -2.39. The third-order valence-corrected chi connectivity index (χ3v) is 9.20. The highest BCUT2D eigenvalue weighted by Crippen LogP contribution is 2.65. The van der Waals surface area contributed by atoms with Crippen LogP contribution in [-0.4, -0.2) is 28.4 Å². The number of ketones is 1. The van der Waals surface area contributed by atoms with Gasteiger partial charge in [-0.05, 0) is 41.1 Å². The summed E-state index contributed by atoms with van der Waals surface area (Å²) in [5.41, 5.74) is 1.24. The summed E-state index contributed by atoms with van der Waals surface area (Å²) < 4.78 is 53.0. The van der Waals surface area contributed by atoms with E-state index in [4.69, 9.17) is 9.05 Å². The van der Waals surface area contributed by atoms with Crippen molar-refractivity contribution in [2.75, 3.05) is 14.2 Å². The van der Waals surface area contributed by atoms with E-state index in [9.17, 15) is 17.8 Å². The minimum absolute atomic E-state index is 0.0277. The van der Waals surface area contributed by atoms with Gasteiger partial charge in [-0.25, -0.2) is 8.42 Å². The maximum atomic E-state index is 13.7. The Kier molecular flexibility index (Phi) is 6.02. The van der Waals surface area contributed by atoms with Crippen molar-refractivity contribution in [3.63, 3.8) is 0 Å². The molecule has 0 amide bonds. The van der Waals surface area contributed by atoms with Crippen molar-refractivity contribution in [2.24, 2.45) is 0 Å². The molecule has 3 rings (SSSR count). The predicted molar refractivity (Wildman–Crippen MR) is 113 cm³/mol. The molecule has 0 spiro atoms. The van der Waals surface area contributed by atoms with Crippen molar-refractivity contribution in [2.45, 2.75) is 17.1 Å². The lowest BCUT2D eigenvalue weighted by Crippen LogP contribution is -2.47. The molecule has 1 aliphatic carbocycles. The largest absolute Gasteiger partial charge is 0.359 e. The molecule has 0 heterocycles. The number of benzene rings is 2. The zero-order valence-electron chi connectivity index (χ0n) is 15.9. The van der Waals surface area contributed by atoms with E-state index in [2.05, 4.69) is 20.7 Å². The van der Waals surface area contributed by atoms with E-state index in [1.165, 1.54) is 30.3 Å². The molecule has 2 aromatic carbocycles. The summed E-state index contributed by atoms with van der Waals surface area (Å²) in [5.74, 6) is -0.371. The number of hydrogen-bond donors (Lipinski definition) is 1. The van der Waals surface area contributed by atoms with Crippen LogP contribution in [0.25, 0.3) is 0 Å². The lowest BCUT2D eigenvalue weighted by molar-refractivity contribution is 0.103. The van der Waals surface area contributed by atoms with Gasteiger partial charge in [0.2, 0.25) is 10.0 Å². The molecular formula is C19H19BrNO6PS. The average molecular weight is 500 g/mol. The van der Waals surface area contributed by atoms with E-state index < -0.39 is 22.9 Å². The summed E-state index contributed by atoms with van der Waals surface area (Å²) in [7, 11) is -6.02. The van der Waals surface area contributed by atoms with Crippen LogP contribution in [0.15, 0.2) is 64.0 Å². The van der Waals surface area contributed by atoms with Crippen molar-refractivity contribution < 1.29 is 26.8 Å². The highest BCUT2D eigenvalue weighted by molar-refractivity contribution is 9.12. The second-order valence-electron chi connectivity index (χ2n) is 6.41. The fourth-order valence-corrected chi connectivity index (χ4v) is 7.41. The molecule has 0 bridgehead atoms. The fourth-order valence-electron chi connectivity index (χ4n) is 3.18. The van der Waals surface area contributed by atoms with E-state index >= 15 is 0 Å². The van der Waals surface area contributed by atoms with Crippen molar-refractivity contribution >= 4 is 39.3 Å². The van der Waals surface area contributed by atoms with Crippen LogP contribution >= 0.6 is 23.5 Å². The third-order valence-electron chi connectivity index (χ3n) is 4.67. The SMILES string of the molecule is COP(=O)(OC)C1(NS(=O)(=O)c2ccc(C)cc2)C=C(Br)C(=O)c2ccccc21. The Morgan fingerprint density at radius 2 is 1.62 bits per heavy atom. The molecule has 1 N–H and O–H groups in total. The van der Waals surface area contributed by atoms with Gasteiger partial charge in [-0.2, -0.15) is 4.72 Å². The molecule has 1 aliphatic rings. The Hall–Kier alpha value is -1.61. The quantitative estimate of drug-likeness (QED) is 0.601. The zero-order valence-corrected chi connectivity index (χ0v) is 19.2. The molecule has 7 nitrogen and oxygen atoms in total. The van der Waals surface area contributed by atoms with E-state index in [-0.39, 0.29) is 26.3 Å². The number of allylic oxidation sites excluding steroid dienone is 1. The number of sulfonamides is 1. The predicted octanol–water partition coefficient (Wildman–Crippen LogP) is 4.09. The molecule has 10 heteroatoms. The highest BCUT2D eigenvalue weighted by Gasteiger charge is 2.56. The first kappa shape index (κ1) is 22.1. The molecule has 0 radical (unpaired) electrons. The van der Waals surface area contributed by atoms with Crippen molar-refractivity contribution in [1.29, 1.82) is 0 Å². The highest BCUT2D eigenvalue weighted by atomic mass is 79.9. The molecule has 29 heavy (non-hydrogen) atoms. The van der Waals surface area contributed by atoms with Gasteiger partial charge in [0.15, 0.2) is 11.1 Å². The maximum Gasteiger partial charge on any atom is 0.359 e. The molecule has 0 saturated carbocycles. The molecule has 2 aromatic rings. The molecule has 0 saturated heterocycles. The first-order valence-corrected chi connectivity index (χ1v) is 12.3. The van der Waals surface area contributed by atoms with E-state index in [1.807, 2.05) is 6.92 Å². The monoisotopic (exact) mass is 499 g/mol. The van der Waals surface area contributed by atoms with Gasteiger partial charge in [0, 0.05) is 25.3 Å². The summed E-state index contributed by atoms with van der Waals surface area (Å²) in [6.45, 7) is 1.83. The summed E-state index contributed by atoms with van der Waals surface area (Å²) in [6.07, 6.45) is 1.23. The Balaban J connectivity index is 2.31. The number of carbonyl (C=O) groups is 1. The number of nitrogens with one attached hydrogen (secondary N) is 1. The first-order chi connectivity index (χ1) is 13.6. The van der Waals surface area contributed by atoms with Gasteiger partial charge in [-0.1, -0.05) is 42.0 Å². The summed E-state index contributed by atoms with van der Waals surface area (Å²) in [6, 6.07) is 12.5. The summed E-state index contributed by atoms with van der Waals surface area (Å²) in [5, 5.41) is -1.95.